The van der Waals surface area contributed by atoms with Gasteiger partial charge in [0, 0.05) is 30.3 Å². The molecule has 3 heterocycles. The molecule has 288 valence electrons. The molecule has 11 nitrogen and oxygen atoms in total. The van der Waals surface area contributed by atoms with Crippen molar-refractivity contribution in [1.82, 2.24) is 10.2 Å². The molecule has 55 heavy (non-hydrogen) atoms. The lowest BCUT2D eigenvalue weighted by Gasteiger charge is -2.31. The highest BCUT2D eigenvalue weighted by atomic mass is 32.1. The third-order valence-electron chi connectivity index (χ3n) is 10.0. The molecule has 0 radical (unpaired) electrons. The molecule has 2 N–H and O–H groups in total. The smallest absolute Gasteiger partial charge is 0.417 e. The normalized spacial score (nSPS) is 19.3. The molecular formula is C39H38F4N6O5S. The number of hydrogen-bond acceptors (Lipinski definition) is 9. The maximum atomic E-state index is 15.5. The van der Waals surface area contributed by atoms with Gasteiger partial charge < -0.3 is 15.0 Å². The second kappa shape index (κ2) is 15.8. The van der Waals surface area contributed by atoms with E-state index in [1.54, 1.807) is 0 Å². The Morgan fingerprint density at radius 1 is 1.04 bits per heavy atom. The van der Waals surface area contributed by atoms with Crippen molar-refractivity contribution in [3.05, 3.63) is 83.2 Å². The van der Waals surface area contributed by atoms with Gasteiger partial charge in [-0.05, 0) is 112 Å². The lowest BCUT2D eigenvalue weighted by atomic mass is 9.97. The van der Waals surface area contributed by atoms with Crippen LogP contribution in [0.3, 0.4) is 0 Å². The molecule has 1 atom stereocenters. The van der Waals surface area contributed by atoms with Crippen molar-refractivity contribution in [2.24, 2.45) is 5.92 Å². The van der Waals surface area contributed by atoms with E-state index >= 15 is 4.39 Å². The number of nitrogens with zero attached hydrogens (tertiary/aromatic N) is 4. The zero-order valence-corrected chi connectivity index (χ0v) is 30.9. The number of carbonyl (C=O) groups is 4. The van der Waals surface area contributed by atoms with Crippen LogP contribution in [0.25, 0.3) is 0 Å². The number of Topliss-reactive ketones (excluding diaryl/α,β-unsaturated/α-hetero) is 1. The predicted octanol–water partition coefficient (Wildman–Crippen LogP) is 5.75. The van der Waals surface area contributed by atoms with Crippen molar-refractivity contribution in [2.75, 3.05) is 41.4 Å². The Morgan fingerprint density at radius 3 is 2.44 bits per heavy atom. The first-order valence-corrected chi connectivity index (χ1v) is 18.1. The van der Waals surface area contributed by atoms with Crippen molar-refractivity contribution >= 4 is 57.9 Å². The number of anilines is 3. The van der Waals surface area contributed by atoms with Crippen LogP contribution in [0.4, 0.5) is 34.6 Å². The van der Waals surface area contributed by atoms with Crippen molar-refractivity contribution < 1.29 is 41.5 Å². The molecule has 0 aliphatic carbocycles. The Hall–Kier alpha value is -5.40. The fourth-order valence-electron chi connectivity index (χ4n) is 7.06. The second-order valence-electron chi connectivity index (χ2n) is 14.4. The topological polar surface area (TPSA) is 135 Å². The summed E-state index contributed by atoms with van der Waals surface area (Å²) < 4.78 is 62.3. The van der Waals surface area contributed by atoms with Gasteiger partial charge in [0.05, 0.1) is 36.0 Å². The Labute approximate surface area is 320 Å². The first-order chi connectivity index (χ1) is 26.0. The average Bonchev–Trinajstić information content (AvgIpc) is 3.31. The number of ketones is 1. The maximum Gasteiger partial charge on any atom is 0.417 e. The molecule has 1 unspecified atom stereocenters. The number of hydrogen-bond donors (Lipinski definition) is 2. The van der Waals surface area contributed by atoms with E-state index in [0.29, 0.717) is 31.3 Å². The molecule has 6 rings (SSSR count). The number of thiocarbonyl (C=S) groups is 1. The Kier molecular flexibility index (Phi) is 11.3. The molecule has 16 heteroatoms. The molecule has 3 amide bonds. The van der Waals surface area contributed by atoms with Crippen LogP contribution in [0.1, 0.15) is 56.2 Å². The quantitative estimate of drug-likeness (QED) is 0.141. The van der Waals surface area contributed by atoms with Crippen LogP contribution >= 0.6 is 12.2 Å². The highest BCUT2D eigenvalue weighted by Gasteiger charge is 2.51. The van der Waals surface area contributed by atoms with Crippen molar-refractivity contribution in [2.45, 2.75) is 63.7 Å². The number of halogens is 4. The summed E-state index contributed by atoms with van der Waals surface area (Å²) in [6.45, 7) is 4.89. The molecule has 0 saturated carbocycles. The molecule has 3 fully saturated rings. The minimum Gasteiger partial charge on any atom is -0.490 e. The van der Waals surface area contributed by atoms with Crippen molar-refractivity contribution in [1.29, 1.82) is 5.26 Å². The van der Waals surface area contributed by atoms with Crippen LogP contribution in [0.15, 0.2) is 60.7 Å². The largest absolute Gasteiger partial charge is 0.490 e. The van der Waals surface area contributed by atoms with Crippen LogP contribution in [0.2, 0.25) is 0 Å². The second-order valence-corrected chi connectivity index (χ2v) is 14.7. The van der Waals surface area contributed by atoms with Gasteiger partial charge in [-0.1, -0.05) is 12.1 Å². The van der Waals surface area contributed by atoms with Gasteiger partial charge in [0.25, 0.3) is 5.91 Å². The molecule has 3 saturated heterocycles. The number of nitrogens with one attached hydrogen (secondary N) is 2. The van der Waals surface area contributed by atoms with Crippen LogP contribution in [-0.4, -0.2) is 71.3 Å². The minimum absolute atomic E-state index is 0.0105. The molecule has 0 bridgehead atoms. The standard InChI is InChI=1S/C39H38F4N6O5S/c1-38(2)36(53)48(27-7-6-25(20-44)30(18-27)39(41,42)43)37(55)49(38)28-8-10-33(31(40)19-28)54-22-23-12-14-47(15-13-23)21-29(50)17-24-4-3-5-26(16-24)45-32-9-11-34(51)46-35(32)52/h3-8,10,16,18-19,23,32,45H,9,11-15,17,21-22H2,1-2H3,(H,46,51,52). The number of ether oxygens (including phenoxy) is 1. The summed E-state index contributed by atoms with van der Waals surface area (Å²) in [6.07, 6.45) is -2.49. The average molecular weight is 779 g/mol. The van der Waals surface area contributed by atoms with Gasteiger partial charge in [0.1, 0.15) is 11.6 Å². The minimum atomic E-state index is -4.84. The highest BCUT2D eigenvalue weighted by molar-refractivity contribution is 7.81. The zero-order chi connectivity index (χ0) is 39.7. The van der Waals surface area contributed by atoms with E-state index in [0.717, 1.165) is 35.4 Å². The van der Waals surface area contributed by atoms with Gasteiger partial charge in [-0.3, -0.25) is 34.3 Å². The SMILES string of the molecule is CC1(C)C(=O)N(c2ccc(C#N)c(C(F)(F)F)c2)C(=S)N1c1ccc(OCC2CCN(CC(=O)Cc3cccc(NC4CCC(=O)NC4=O)c3)CC2)c(F)c1. The number of nitriles is 1. The van der Waals surface area contributed by atoms with E-state index in [1.165, 1.54) is 43.0 Å². The highest BCUT2D eigenvalue weighted by Crippen LogP contribution is 2.40. The zero-order valence-electron chi connectivity index (χ0n) is 30.0. The van der Waals surface area contributed by atoms with Gasteiger partial charge in [-0.2, -0.15) is 18.4 Å². The summed E-state index contributed by atoms with van der Waals surface area (Å²) in [5.41, 5.74) is -1.64. The monoisotopic (exact) mass is 778 g/mol. The summed E-state index contributed by atoms with van der Waals surface area (Å²) in [4.78, 5) is 54.4. The summed E-state index contributed by atoms with van der Waals surface area (Å²) in [5, 5.41) is 14.5. The molecule has 3 aliphatic rings. The van der Waals surface area contributed by atoms with Gasteiger partial charge in [0.2, 0.25) is 11.8 Å². The van der Waals surface area contributed by atoms with Crippen LogP contribution < -0.4 is 25.2 Å². The van der Waals surface area contributed by atoms with Crippen LogP contribution in [0, 0.1) is 23.1 Å². The number of alkyl halides is 3. The molecule has 3 aromatic carbocycles. The van der Waals surface area contributed by atoms with E-state index in [9.17, 15) is 32.3 Å². The number of benzene rings is 3. The summed E-state index contributed by atoms with van der Waals surface area (Å²) in [6, 6.07) is 15.3. The lowest BCUT2D eigenvalue weighted by molar-refractivity contribution is -0.138. The molecule has 3 aromatic rings. The fourth-order valence-corrected chi connectivity index (χ4v) is 7.58. The first-order valence-electron chi connectivity index (χ1n) is 17.7. The number of amides is 3. The predicted molar refractivity (Wildman–Crippen MR) is 199 cm³/mol. The number of carbonyl (C=O) groups excluding carboxylic acids is 4. The van der Waals surface area contributed by atoms with Gasteiger partial charge >= 0.3 is 6.18 Å². The van der Waals surface area contributed by atoms with E-state index in [1.807, 2.05) is 24.3 Å². The molecule has 0 spiro atoms. The Bertz CT molecular complexity index is 2080. The van der Waals surface area contributed by atoms with Gasteiger partial charge in [-0.25, -0.2) is 4.39 Å². The van der Waals surface area contributed by atoms with E-state index in [-0.39, 0.29) is 71.7 Å². The first kappa shape index (κ1) is 39.3. The van der Waals surface area contributed by atoms with Crippen molar-refractivity contribution in [3.8, 4) is 11.8 Å². The Morgan fingerprint density at radius 2 is 1.76 bits per heavy atom. The summed E-state index contributed by atoms with van der Waals surface area (Å²) in [5.74, 6) is -1.84. The summed E-state index contributed by atoms with van der Waals surface area (Å²) >= 11 is 5.55. The van der Waals surface area contributed by atoms with E-state index in [2.05, 4.69) is 15.5 Å². The molecular weight excluding hydrogens is 741 g/mol. The molecule has 0 aromatic heterocycles. The van der Waals surface area contributed by atoms with Crippen LogP contribution in [-0.2, 0) is 31.8 Å². The summed E-state index contributed by atoms with van der Waals surface area (Å²) in [7, 11) is 0. The third kappa shape index (κ3) is 8.63. The van der Waals surface area contributed by atoms with E-state index < -0.39 is 40.6 Å². The van der Waals surface area contributed by atoms with Gasteiger partial charge in [-0.15, -0.1) is 0 Å². The van der Waals surface area contributed by atoms with E-state index in [4.69, 9.17) is 22.2 Å². The Balaban J connectivity index is 1.00. The van der Waals surface area contributed by atoms with Crippen LogP contribution in [0.5, 0.6) is 5.75 Å². The lowest BCUT2D eigenvalue weighted by Crippen LogP contribution is -2.47. The number of rotatable bonds is 11. The molecule has 3 aliphatic heterocycles. The number of likely N-dealkylation sites (tertiary alicyclic amines) is 1. The van der Waals surface area contributed by atoms with Crippen molar-refractivity contribution in [3.63, 3.8) is 0 Å². The number of piperidine rings is 2. The third-order valence-corrected chi connectivity index (χ3v) is 10.4. The number of imide groups is 1. The maximum absolute atomic E-state index is 15.5. The van der Waals surface area contributed by atoms with Gasteiger partial charge in [0.15, 0.2) is 22.5 Å². The fraction of sp³-hybridized carbons (Fsp3) is 0.385.